The van der Waals surface area contributed by atoms with Crippen molar-refractivity contribution in [2.45, 2.75) is 6.92 Å². The van der Waals surface area contributed by atoms with Crippen LogP contribution in [0.5, 0.6) is 0 Å². The normalized spacial score (nSPS) is 10.1. The molecule has 0 unspecified atom stereocenters. The Kier molecular flexibility index (Phi) is 3.75. The van der Waals surface area contributed by atoms with Gasteiger partial charge in [-0.15, -0.1) is 0 Å². The zero-order chi connectivity index (χ0) is 13.8. The number of halogens is 2. The van der Waals surface area contributed by atoms with E-state index in [-0.39, 0.29) is 11.6 Å². The van der Waals surface area contributed by atoms with Gasteiger partial charge in [-0.25, -0.2) is 13.6 Å². The molecule has 2 amide bonds. The average molecular weight is 262 g/mol. The van der Waals surface area contributed by atoms with E-state index in [0.717, 1.165) is 0 Å². The minimum Gasteiger partial charge on any atom is -0.308 e. The molecule has 2 rings (SSSR count). The highest BCUT2D eigenvalue weighted by Crippen LogP contribution is 2.14. The molecular weight excluding hydrogens is 250 g/mol. The van der Waals surface area contributed by atoms with E-state index in [1.807, 2.05) is 0 Å². The summed E-state index contributed by atoms with van der Waals surface area (Å²) in [6, 6.07) is 9.23. The Balaban J connectivity index is 2.01. The van der Waals surface area contributed by atoms with Crippen LogP contribution >= 0.6 is 0 Å². The van der Waals surface area contributed by atoms with E-state index < -0.39 is 6.03 Å². The third kappa shape index (κ3) is 3.51. The quantitative estimate of drug-likeness (QED) is 0.846. The van der Waals surface area contributed by atoms with Gasteiger partial charge in [0.1, 0.15) is 11.6 Å². The lowest BCUT2D eigenvalue weighted by atomic mass is 10.2. The fourth-order valence-corrected chi connectivity index (χ4v) is 1.50. The Bertz CT molecular complexity index is 597. The maximum Gasteiger partial charge on any atom is 0.323 e. The molecule has 0 saturated heterocycles. The molecule has 0 fully saturated rings. The van der Waals surface area contributed by atoms with Crippen molar-refractivity contribution in [3.63, 3.8) is 0 Å². The summed E-state index contributed by atoms with van der Waals surface area (Å²) < 4.78 is 26.0. The zero-order valence-electron chi connectivity index (χ0n) is 10.2. The second kappa shape index (κ2) is 5.48. The van der Waals surface area contributed by atoms with Crippen molar-refractivity contribution in [2.24, 2.45) is 0 Å². The lowest BCUT2D eigenvalue weighted by Gasteiger charge is -2.08. The van der Waals surface area contributed by atoms with Crippen LogP contribution in [0.25, 0.3) is 0 Å². The van der Waals surface area contributed by atoms with E-state index in [1.54, 1.807) is 19.1 Å². The molecule has 2 aromatic carbocycles. The number of anilines is 2. The number of hydrogen-bond donors (Lipinski definition) is 2. The van der Waals surface area contributed by atoms with Gasteiger partial charge in [0.25, 0.3) is 0 Å². The Morgan fingerprint density at radius 3 is 2.16 bits per heavy atom. The van der Waals surface area contributed by atoms with Crippen LogP contribution < -0.4 is 10.6 Å². The maximum atomic E-state index is 13.3. The van der Waals surface area contributed by atoms with Crippen molar-refractivity contribution in [1.29, 1.82) is 0 Å². The predicted octanol–water partition coefficient (Wildman–Crippen LogP) is 3.92. The van der Waals surface area contributed by atoms with Crippen LogP contribution in [0.4, 0.5) is 25.0 Å². The molecular formula is C14H12F2N2O. The summed E-state index contributed by atoms with van der Waals surface area (Å²) in [7, 11) is 0. The molecule has 0 spiro atoms. The van der Waals surface area contributed by atoms with Gasteiger partial charge in [-0.2, -0.15) is 0 Å². The number of rotatable bonds is 2. The van der Waals surface area contributed by atoms with Gasteiger partial charge in [0.2, 0.25) is 0 Å². The molecule has 0 aromatic heterocycles. The molecule has 19 heavy (non-hydrogen) atoms. The number of hydrogen-bond acceptors (Lipinski definition) is 1. The summed E-state index contributed by atoms with van der Waals surface area (Å²) in [4.78, 5) is 11.6. The smallest absolute Gasteiger partial charge is 0.308 e. The summed E-state index contributed by atoms with van der Waals surface area (Å²) in [5.41, 5.74) is 1.30. The summed E-state index contributed by atoms with van der Waals surface area (Å²) in [6.07, 6.45) is 0. The monoisotopic (exact) mass is 262 g/mol. The molecule has 0 aliphatic rings. The van der Waals surface area contributed by atoms with Crippen LogP contribution in [0.2, 0.25) is 0 Å². The number of nitrogens with one attached hydrogen (secondary N) is 2. The number of aryl methyl sites for hydroxylation is 1. The lowest BCUT2D eigenvalue weighted by molar-refractivity contribution is 0.262. The molecule has 2 aromatic rings. The standard InChI is InChI=1S/C14H12F2N2O/c1-9-2-5-12(8-13(9)16)18-14(19)17-11-6-3-10(15)4-7-11/h2-8H,1H3,(H2,17,18,19). The van der Waals surface area contributed by atoms with Crippen LogP contribution in [0.3, 0.4) is 0 Å². The Hall–Kier alpha value is -2.43. The molecule has 0 saturated carbocycles. The molecule has 5 heteroatoms. The zero-order valence-corrected chi connectivity index (χ0v) is 10.2. The number of carbonyl (C=O) groups excluding carboxylic acids is 1. The first-order valence-corrected chi connectivity index (χ1v) is 5.64. The van der Waals surface area contributed by atoms with Gasteiger partial charge in [0.05, 0.1) is 0 Å². The minimum absolute atomic E-state index is 0.350. The largest absolute Gasteiger partial charge is 0.323 e. The van der Waals surface area contributed by atoms with Gasteiger partial charge in [-0.1, -0.05) is 6.07 Å². The van der Waals surface area contributed by atoms with Crippen molar-refractivity contribution in [2.75, 3.05) is 10.6 Å². The summed E-state index contributed by atoms with van der Waals surface area (Å²) in [5, 5.41) is 5.00. The highest BCUT2D eigenvalue weighted by molar-refractivity contribution is 5.99. The van der Waals surface area contributed by atoms with Crippen molar-refractivity contribution >= 4 is 17.4 Å². The Morgan fingerprint density at radius 1 is 0.947 bits per heavy atom. The van der Waals surface area contributed by atoms with Crippen LogP contribution in [-0.4, -0.2) is 6.03 Å². The predicted molar refractivity (Wildman–Crippen MR) is 70.2 cm³/mol. The first kappa shape index (κ1) is 13.0. The second-order valence-corrected chi connectivity index (χ2v) is 4.05. The van der Waals surface area contributed by atoms with Crippen LogP contribution in [0.15, 0.2) is 42.5 Å². The highest BCUT2D eigenvalue weighted by atomic mass is 19.1. The second-order valence-electron chi connectivity index (χ2n) is 4.05. The van der Waals surface area contributed by atoms with Crippen molar-refractivity contribution < 1.29 is 13.6 Å². The summed E-state index contributed by atoms with van der Waals surface area (Å²) >= 11 is 0. The molecule has 3 nitrogen and oxygen atoms in total. The van der Waals surface area contributed by atoms with E-state index in [4.69, 9.17) is 0 Å². The van der Waals surface area contributed by atoms with E-state index >= 15 is 0 Å². The number of urea groups is 1. The maximum absolute atomic E-state index is 13.3. The van der Waals surface area contributed by atoms with Crippen LogP contribution in [0.1, 0.15) is 5.56 Å². The van der Waals surface area contributed by atoms with Crippen molar-refractivity contribution in [3.05, 3.63) is 59.7 Å². The number of carbonyl (C=O) groups is 1. The third-order valence-corrected chi connectivity index (χ3v) is 2.53. The van der Waals surface area contributed by atoms with E-state index in [1.165, 1.54) is 30.3 Å². The molecule has 0 aliphatic heterocycles. The fourth-order valence-electron chi connectivity index (χ4n) is 1.50. The molecule has 0 bridgehead atoms. The summed E-state index contributed by atoms with van der Waals surface area (Å²) in [5.74, 6) is -0.772. The van der Waals surface area contributed by atoms with Gasteiger partial charge < -0.3 is 10.6 Å². The van der Waals surface area contributed by atoms with E-state index in [2.05, 4.69) is 10.6 Å². The van der Waals surface area contributed by atoms with Crippen LogP contribution in [-0.2, 0) is 0 Å². The fraction of sp³-hybridized carbons (Fsp3) is 0.0714. The van der Waals surface area contributed by atoms with Gasteiger partial charge >= 0.3 is 6.03 Å². The molecule has 98 valence electrons. The third-order valence-electron chi connectivity index (χ3n) is 2.53. The lowest BCUT2D eigenvalue weighted by Crippen LogP contribution is -2.19. The van der Waals surface area contributed by atoms with E-state index in [0.29, 0.717) is 16.9 Å². The molecule has 0 aliphatic carbocycles. The highest BCUT2D eigenvalue weighted by Gasteiger charge is 2.04. The van der Waals surface area contributed by atoms with Crippen molar-refractivity contribution in [3.8, 4) is 0 Å². The van der Waals surface area contributed by atoms with Crippen molar-refractivity contribution in [1.82, 2.24) is 0 Å². The average Bonchev–Trinajstić information content (AvgIpc) is 2.37. The topological polar surface area (TPSA) is 41.1 Å². The molecule has 0 atom stereocenters. The van der Waals surface area contributed by atoms with E-state index in [9.17, 15) is 13.6 Å². The minimum atomic E-state index is -0.519. The van der Waals surface area contributed by atoms with Gasteiger partial charge in [0.15, 0.2) is 0 Å². The molecule has 0 radical (unpaired) electrons. The SMILES string of the molecule is Cc1ccc(NC(=O)Nc2ccc(F)cc2)cc1F. The number of benzene rings is 2. The summed E-state index contributed by atoms with van der Waals surface area (Å²) in [6.45, 7) is 1.64. The van der Waals surface area contributed by atoms with Gasteiger partial charge in [-0.05, 0) is 48.9 Å². The Labute approximate surface area is 109 Å². The first-order valence-electron chi connectivity index (χ1n) is 5.64. The van der Waals surface area contributed by atoms with Gasteiger partial charge in [-0.3, -0.25) is 0 Å². The van der Waals surface area contributed by atoms with Crippen LogP contribution in [0, 0.1) is 18.6 Å². The number of amides is 2. The molecule has 0 heterocycles. The Morgan fingerprint density at radius 2 is 1.53 bits per heavy atom. The molecule has 2 N–H and O–H groups in total. The first-order chi connectivity index (χ1) is 9.04. The van der Waals surface area contributed by atoms with Gasteiger partial charge in [0, 0.05) is 11.4 Å².